The van der Waals surface area contributed by atoms with Crippen molar-refractivity contribution in [2.75, 3.05) is 13.7 Å². The van der Waals surface area contributed by atoms with Crippen LogP contribution < -0.4 is 4.74 Å². The Hall–Kier alpha value is -1.69. The normalized spacial score (nSPS) is 16.8. The van der Waals surface area contributed by atoms with Crippen LogP contribution in [-0.4, -0.2) is 31.3 Å². The van der Waals surface area contributed by atoms with Gasteiger partial charge in [0.05, 0.1) is 24.1 Å². The van der Waals surface area contributed by atoms with Gasteiger partial charge in [-0.2, -0.15) is 0 Å². The van der Waals surface area contributed by atoms with Gasteiger partial charge in [-0.15, -0.1) is 0 Å². The number of ketones is 2. The van der Waals surface area contributed by atoms with E-state index < -0.39 is 17.7 Å². The third-order valence-corrected chi connectivity index (χ3v) is 3.80. The zero-order valence-corrected chi connectivity index (χ0v) is 12.7. The highest BCUT2D eigenvalue weighted by molar-refractivity contribution is 9.10. The second-order valence-corrected chi connectivity index (χ2v) is 5.20. The van der Waals surface area contributed by atoms with Crippen molar-refractivity contribution in [3.8, 4) is 5.75 Å². The van der Waals surface area contributed by atoms with Crippen molar-refractivity contribution in [1.29, 1.82) is 0 Å². The molecule has 0 aromatic heterocycles. The summed E-state index contributed by atoms with van der Waals surface area (Å²) in [5.74, 6) is -2.49. The van der Waals surface area contributed by atoms with E-state index in [1.165, 1.54) is 7.11 Å². The predicted molar refractivity (Wildman–Crippen MR) is 73.9 cm³/mol. The topological polar surface area (TPSA) is 69.7 Å². The maximum Gasteiger partial charge on any atom is 0.375 e. The molecule has 106 valence electrons. The van der Waals surface area contributed by atoms with Gasteiger partial charge in [0.2, 0.25) is 0 Å². The standard InChI is InChI=1S/C14H13BrO5/c1-3-20-14(18)13(17)9-4-7-5-11(19-2)10(15)6-8(7)12(9)16/h5-6,9H,3-4H2,1-2H3. The van der Waals surface area contributed by atoms with Gasteiger partial charge < -0.3 is 9.47 Å². The highest BCUT2D eigenvalue weighted by Gasteiger charge is 2.39. The van der Waals surface area contributed by atoms with Gasteiger partial charge in [-0.3, -0.25) is 9.59 Å². The highest BCUT2D eigenvalue weighted by atomic mass is 79.9. The van der Waals surface area contributed by atoms with Crippen molar-refractivity contribution in [3.63, 3.8) is 0 Å². The fraction of sp³-hybridized carbons (Fsp3) is 0.357. The molecule has 0 spiro atoms. The summed E-state index contributed by atoms with van der Waals surface area (Å²) in [6.07, 6.45) is 0.204. The number of halogens is 1. The van der Waals surface area contributed by atoms with Crippen molar-refractivity contribution in [2.45, 2.75) is 13.3 Å². The van der Waals surface area contributed by atoms with Crippen LogP contribution in [0.15, 0.2) is 16.6 Å². The number of methoxy groups -OCH3 is 1. The van der Waals surface area contributed by atoms with Gasteiger partial charge in [0.1, 0.15) is 5.75 Å². The monoisotopic (exact) mass is 340 g/mol. The molecule has 0 radical (unpaired) electrons. The first-order chi connectivity index (χ1) is 9.49. The Morgan fingerprint density at radius 3 is 2.70 bits per heavy atom. The lowest BCUT2D eigenvalue weighted by Gasteiger charge is -2.05. The SMILES string of the molecule is CCOC(=O)C(=O)C1Cc2cc(OC)c(Br)cc2C1=O. The summed E-state index contributed by atoms with van der Waals surface area (Å²) in [7, 11) is 1.52. The summed E-state index contributed by atoms with van der Waals surface area (Å²) in [6.45, 7) is 1.72. The average Bonchev–Trinajstić information content (AvgIpc) is 2.74. The second-order valence-electron chi connectivity index (χ2n) is 4.35. The highest BCUT2D eigenvalue weighted by Crippen LogP contribution is 2.35. The van der Waals surface area contributed by atoms with Gasteiger partial charge in [0.25, 0.3) is 5.78 Å². The number of fused-ring (bicyclic) bond motifs is 1. The number of rotatable bonds is 4. The summed E-state index contributed by atoms with van der Waals surface area (Å²) in [5, 5.41) is 0. The molecule has 20 heavy (non-hydrogen) atoms. The number of esters is 1. The second kappa shape index (κ2) is 5.75. The molecule has 1 aliphatic rings. The van der Waals surface area contributed by atoms with E-state index in [1.807, 2.05) is 0 Å². The molecule has 1 aromatic carbocycles. The fourth-order valence-corrected chi connectivity index (χ4v) is 2.71. The lowest BCUT2D eigenvalue weighted by atomic mass is 10.00. The van der Waals surface area contributed by atoms with E-state index in [9.17, 15) is 14.4 Å². The third-order valence-electron chi connectivity index (χ3n) is 3.18. The number of ether oxygens (including phenoxy) is 2. The molecule has 0 amide bonds. The Balaban J connectivity index is 2.29. The smallest absolute Gasteiger partial charge is 0.375 e. The molecule has 5 nitrogen and oxygen atoms in total. The van der Waals surface area contributed by atoms with Crippen molar-refractivity contribution in [1.82, 2.24) is 0 Å². The molecule has 0 aliphatic heterocycles. The number of benzene rings is 1. The van der Waals surface area contributed by atoms with E-state index in [0.29, 0.717) is 21.3 Å². The zero-order valence-electron chi connectivity index (χ0n) is 11.1. The maximum absolute atomic E-state index is 12.2. The van der Waals surface area contributed by atoms with Crippen LogP contribution in [0.1, 0.15) is 22.8 Å². The van der Waals surface area contributed by atoms with Gasteiger partial charge in [0, 0.05) is 5.56 Å². The Morgan fingerprint density at radius 2 is 2.10 bits per heavy atom. The van der Waals surface area contributed by atoms with Crippen molar-refractivity contribution < 1.29 is 23.9 Å². The Morgan fingerprint density at radius 1 is 1.40 bits per heavy atom. The van der Waals surface area contributed by atoms with E-state index in [0.717, 1.165) is 0 Å². The molecule has 0 fully saturated rings. The molecule has 1 atom stereocenters. The van der Waals surface area contributed by atoms with Crippen molar-refractivity contribution in [2.24, 2.45) is 5.92 Å². The minimum atomic E-state index is -0.983. The van der Waals surface area contributed by atoms with Gasteiger partial charge in [0.15, 0.2) is 5.78 Å². The van der Waals surface area contributed by atoms with Crippen molar-refractivity contribution >= 4 is 33.5 Å². The molecular weight excluding hydrogens is 328 g/mol. The lowest BCUT2D eigenvalue weighted by molar-refractivity contribution is -0.154. The van der Waals surface area contributed by atoms with Crippen LogP contribution in [0, 0.1) is 5.92 Å². The Kier molecular flexibility index (Phi) is 4.23. The number of hydrogen-bond donors (Lipinski definition) is 0. The molecule has 1 unspecified atom stereocenters. The molecule has 0 saturated heterocycles. The summed E-state index contributed by atoms with van der Waals surface area (Å²) in [6, 6.07) is 3.32. The first-order valence-corrected chi connectivity index (χ1v) is 6.90. The van der Waals surface area contributed by atoms with Crippen LogP contribution in [0.4, 0.5) is 0 Å². The third kappa shape index (κ3) is 2.47. The van der Waals surface area contributed by atoms with Crippen molar-refractivity contribution in [3.05, 3.63) is 27.7 Å². The Bertz CT molecular complexity index is 593. The van der Waals surface area contributed by atoms with E-state index in [-0.39, 0.29) is 18.8 Å². The molecule has 1 aliphatic carbocycles. The van der Waals surface area contributed by atoms with E-state index in [4.69, 9.17) is 4.74 Å². The molecule has 0 bridgehead atoms. The van der Waals surface area contributed by atoms with Gasteiger partial charge in [-0.25, -0.2) is 4.79 Å². The minimum Gasteiger partial charge on any atom is -0.496 e. The van der Waals surface area contributed by atoms with Crippen LogP contribution in [0.5, 0.6) is 5.75 Å². The van der Waals surface area contributed by atoms with Crippen LogP contribution in [0.25, 0.3) is 0 Å². The van der Waals surface area contributed by atoms with E-state index in [1.54, 1.807) is 19.1 Å². The number of Topliss-reactive ketones (excluding diaryl/α,β-unsaturated/α-hetero) is 2. The van der Waals surface area contributed by atoms with Crippen LogP contribution in [-0.2, 0) is 20.7 Å². The largest absolute Gasteiger partial charge is 0.496 e. The zero-order chi connectivity index (χ0) is 14.9. The lowest BCUT2D eigenvalue weighted by Crippen LogP contribution is -2.29. The molecule has 1 aromatic rings. The molecule has 6 heteroatoms. The van der Waals surface area contributed by atoms with Crippen LogP contribution in [0.3, 0.4) is 0 Å². The summed E-state index contributed by atoms with van der Waals surface area (Å²) < 4.78 is 10.4. The average molecular weight is 341 g/mol. The molecular formula is C14H13BrO5. The van der Waals surface area contributed by atoms with Gasteiger partial charge in [-0.1, -0.05) is 0 Å². The summed E-state index contributed by atoms with van der Waals surface area (Å²) >= 11 is 3.29. The predicted octanol–water partition coefficient (Wildman–Crippen LogP) is 1.94. The quantitative estimate of drug-likeness (QED) is 0.476. The number of carbonyl (C=O) groups is 3. The van der Waals surface area contributed by atoms with E-state index >= 15 is 0 Å². The first kappa shape index (κ1) is 14.7. The molecule has 0 saturated carbocycles. The fourth-order valence-electron chi connectivity index (χ4n) is 2.21. The Labute approximate surface area is 124 Å². The van der Waals surface area contributed by atoms with Gasteiger partial charge in [-0.05, 0) is 47.0 Å². The minimum absolute atomic E-state index is 0.109. The number of hydrogen-bond acceptors (Lipinski definition) is 5. The molecule has 0 heterocycles. The first-order valence-electron chi connectivity index (χ1n) is 6.11. The maximum atomic E-state index is 12.2. The summed E-state index contributed by atoms with van der Waals surface area (Å²) in [4.78, 5) is 35.6. The number of carbonyl (C=O) groups excluding carboxylic acids is 3. The van der Waals surface area contributed by atoms with Gasteiger partial charge >= 0.3 is 5.97 Å². The van der Waals surface area contributed by atoms with E-state index in [2.05, 4.69) is 20.7 Å². The summed E-state index contributed by atoms with van der Waals surface area (Å²) in [5.41, 5.74) is 1.15. The van der Waals surface area contributed by atoms with Crippen LogP contribution >= 0.6 is 15.9 Å². The molecule has 2 rings (SSSR count). The molecule has 0 N–H and O–H groups in total. The van der Waals surface area contributed by atoms with Crippen LogP contribution in [0.2, 0.25) is 0 Å².